The standard InChI is InChI=1S/C12H15N3OS/c1-8-5-9(2)15-12(14-8)13-6-11(16)10-3-4-17-7-10/h3-5,7,11,16H,6H2,1-2H3,(H,13,14,15). The number of thiophene rings is 1. The Morgan fingerprint density at radius 1 is 1.35 bits per heavy atom. The molecule has 0 saturated heterocycles. The molecule has 0 saturated carbocycles. The van der Waals surface area contributed by atoms with Crippen molar-refractivity contribution in [3.05, 3.63) is 39.8 Å². The molecule has 2 aromatic rings. The third-order valence-electron chi connectivity index (χ3n) is 2.36. The second-order valence-electron chi connectivity index (χ2n) is 3.93. The van der Waals surface area contributed by atoms with Gasteiger partial charge in [0.1, 0.15) is 0 Å². The van der Waals surface area contributed by atoms with Crippen LogP contribution in [0.25, 0.3) is 0 Å². The molecule has 0 aliphatic carbocycles. The van der Waals surface area contributed by atoms with Crippen LogP contribution in [0.15, 0.2) is 22.9 Å². The Hall–Kier alpha value is -1.46. The second kappa shape index (κ2) is 5.25. The summed E-state index contributed by atoms with van der Waals surface area (Å²) in [6, 6.07) is 3.83. The number of aliphatic hydroxyl groups is 1. The molecule has 5 heteroatoms. The van der Waals surface area contributed by atoms with Gasteiger partial charge in [-0.15, -0.1) is 0 Å². The predicted molar refractivity (Wildman–Crippen MR) is 69.3 cm³/mol. The Labute approximate surface area is 104 Å². The minimum absolute atomic E-state index is 0.416. The molecular formula is C12H15N3OS. The van der Waals surface area contributed by atoms with E-state index >= 15 is 0 Å². The molecule has 2 rings (SSSR count). The Kier molecular flexibility index (Phi) is 3.71. The van der Waals surface area contributed by atoms with Crippen LogP contribution >= 0.6 is 11.3 Å². The van der Waals surface area contributed by atoms with Crippen LogP contribution in [-0.2, 0) is 0 Å². The Morgan fingerprint density at radius 3 is 2.65 bits per heavy atom. The van der Waals surface area contributed by atoms with Crippen molar-refractivity contribution in [2.24, 2.45) is 0 Å². The predicted octanol–water partition coefficient (Wildman–Crippen LogP) is 2.30. The van der Waals surface area contributed by atoms with Crippen LogP contribution in [0.4, 0.5) is 5.95 Å². The molecule has 0 radical (unpaired) electrons. The SMILES string of the molecule is Cc1cc(C)nc(NCC(O)c2ccsc2)n1. The maximum Gasteiger partial charge on any atom is 0.223 e. The number of hydrogen-bond acceptors (Lipinski definition) is 5. The first-order valence-electron chi connectivity index (χ1n) is 5.41. The second-order valence-corrected chi connectivity index (χ2v) is 4.71. The van der Waals surface area contributed by atoms with E-state index < -0.39 is 6.10 Å². The Morgan fingerprint density at radius 2 is 2.06 bits per heavy atom. The number of aromatic nitrogens is 2. The highest BCUT2D eigenvalue weighted by Gasteiger charge is 2.08. The van der Waals surface area contributed by atoms with Crippen molar-refractivity contribution >= 4 is 17.3 Å². The number of hydrogen-bond donors (Lipinski definition) is 2. The molecule has 0 amide bonds. The van der Waals surface area contributed by atoms with E-state index in [4.69, 9.17) is 0 Å². The number of nitrogens with one attached hydrogen (secondary N) is 1. The van der Waals surface area contributed by atoms with Crippen LogP contribution in [0.5, 0.6) is 0 Å². The highest BCUT2D eigenvalue weighted by Crippen LogP contribution is 2.16. The fourth-order valence-electron chi connectivity index (χ4n) is 1.58. The molecule has 2 aromatic heterocycles. The molecule has 0 aliphatic heterocycles. The van der Waals surface area contributed by atoms with Crippen LogP contribution in [0.2, 0.25) is 0 Å². The van der Waals surface area contributed by atoms with E-state index in [9.17, 15) is 5.11 Å². The molecule has 0 fully saturated rings. The lowest BCUT2D eigenvalue weighted by Gasteiger charge is -2.11. The van der Waals surface area contributed by atoms with Crippen LogP contribution in [0.1, 0.15) is 23.1 Å². The minimum atomic E-state index is -0.523. The molecule has 4 nitrogen and oxygen atoms in total. The van der Waals surface area contributed by atoms with E-state index in [0.717, 1.165) is 17.0 Å². The molecule has 0 aliphatic rings. The number of rotatable bonds is 4. The average molecular weight is 249 g/mol. The van der Waals surface area contributed by atoms with E-state index in [-0.39, 0.29) is 0 Å². The topological polar surface area (TPSA) is 58.0 Å². The molecular weight excluding hydrogens is 234 g/mol. The molecule has 1 unspecified atom stereocenters. The van der Waals surface area contributed by atoms with Gasteiger partial charge < -0.3 is 10.4 Å². The Balaban J connectivity index is 1.98. The zero-order valence-electron chi connectivity index (χ0n) is 9.84. The third-order valence-corrected chi connectivity index (χ3v) is 3.07. The lowest BCUT2D eigenvalue weighted by Crippen LogP contribution is -2.14. The average Bonchev–Trinajstić information content (AvgIpc) is 2.78. The van der Waals surface area contributed by atoms with Gasteiger partial charge >= 0.3 is 0 Å². The molecule has 17 heavy (non-hydrogen) atoms. The zero-order valence-corrected chi connectivity index (χ0v) is 10.7. The largest absolute Gasteiger partial charge is 0.387 e. The van der Waals surface area contributed by atoms with Crippen LogP contribution in [0, 0.1) is 13.8 Å². The molecule has 0 bridgehead atoms. The molecule has 1 atom stereocenters. The third kappa shape index (κ3) is 3.25. The smallest absolute Gasteiger partial charge is 0.223 e. The van der Waals surface area contributed by atoms with Crippen LogP contribution < -0.4 is 5.32 Å². The van der Waals surface area contributed by atoms with Gasteiger partial charge in [-0.05, 0) is 42.3 Å². The van der Waals surface area contributed by atoms with Gasteiger partial charge in [0.05, 0.1) is 6.10 Å². The lowest BCUT2D eigenvalue weighted by molar-refractivity contribution is 0.192. The normalized spacial score (nSPS) is 12.4. The van der Waals surface area contributed by atoms with Crippen molar-refractivity contribution in [1.82, 2.24) is 9.97 Å². The van der Waals surface area contributed by atoms with Crippen molar-refractivity contribution in [2.75, 3.05) is 11.9 Å². The van der Waals surface area contributed by atoms with E-state index in [2.05, 4.69) is 15.3 Å². The summed E-state index contributed by atoms with van der Waals surface area (Å²) in [6.07, 6.45) is -0.523. The van der Waals surface area contributed by atoms with Crippen molar-refractivity contribution in [3.8, 4) is 0 Å². The number of aryl methyl sites for hydroxylation is 2. The monoisotopic (exact) mass is 249 g/mol. The summed E-state index contributed by atoms with van der Waals surface area (Å²) in [5, 5.41) is 16.8. The maximum absolute atomic E-state index is 9.90. The fraction of sp³-hybridized carbons (Fsp3) is 0.333. The summed E-state index contributed by atoms with van der Waals surface area (Å²) in [5.41, 5.74) is 2.77. The summed E-state index contributed by atoms with van der Waals surface area (Å²) >= 11 is 1.58. The summed E-state index contributed by atoms with van der Waals surface area (Å²) in [4.78, 5) is 8.51. The van der Waals surface area contributed by atoms with Crippen molar-refractivity contribution < 1.29 is 5.11 Å². The minimum Gasteiger partial charge on any atom is -0.387 e. The van der Waals surface area contributed by atoms with Gasteiger partial charge in [0, 0.05) is 17.9 Å². The van der Waals surface area contributed by atoms with Gasteiger partial charge in [-0.1, -0.05) is 0 Å². The van der Waals surface area contributed by atoms with E-state index in [1.165, 1.54) is 0 Å². The summed E-state index contributed by atoms with van der Waals surface area (Å²) in [7, 11) is 0. The first kappa shape index (κ1) is 12.0. The van der Waals surface area contributed by atoms with Gasteiger partial charge in [-0.25, -0.2) is 9.97 Å². The fourth-order valence-corrected chi connectivity index (χ4v) is 2.28. The van der Waals surface area contributed by atoms with Gasteiger partial charge in [0.2, 0.25) is 5.95 Å². The van der Waals surface area contributed by atoms with Crippen LogP contribution in [-0.4, -0.2) is 21.6 Å². The lowest BCUT2D eigenvalue weighted by atomic mass is 10.2. The number of anilines is 1. The van der Waals surface area contributed by atoms with Crippen LogP contribution in [0.3, 0.4) is 0 Å². The Bertz CT molecular complexity index is 464. The first-order chi connectivity index (χ1) is 8.15. The highest BCUT2D eigenvalue weighted by atomic mass is 32.1. The van der Waals surface area contributed by atoms with Crippen molar-refractivity contribution in [2.45, 2.75) is 20.0 Å². The van der Waals surface area contributed by atoms with E-state index in [1.807, 2.05) is 36.7 Å². The molecule has 2 heterocycles. The van der Waals surface area contributed by atoms with Gasteiger partial charge in [-0.3, -0.25) is 0 Å². The first-order valence-corrected chi connectivity index (χ1v) is 6.36. The number of aliphatic hydroxyl groups excluding tert-OH is 1. The molecule has 0 aromatic carbocycles. The highest BCUT2D eigenvalue weighted by molar-refractivity contribution is 7.07. The van der Waals surface area contributed by atoms with Gasteiger partial charge in [-0.2, -0.15) is 11.3 Å². The van der Waals surface area contributed by atoms with Crippen molar-refractivity contribution in [3.63, 3.8) is 0 Å². The molecule has 0 spiro atoms. The van der Waals surface area contributed by atoms with Crippen molar-refractivity contribution in [1.29, 1.82) is 0 Å². The zero-order chi connectivity index (χ0) is 12.3. The van der Waals surface area contributed by atoms with Gasteiger partial charge in [0.25, 0.3) is 0 Å². The molecule has 2 N–H and O–H groups in total. The van der Waals surface area contributed by atoms with Gasteiger partial charge in [0.15, 0.2) is 0 Å². The maximum atomic E-state index is 9.90. The summed E-state index contributed by atoms with van der Waals surface area (Å²) < 4.78 is 0. The van der Waals surface area contributed by atoms with E-state index in [1.54, 1.807) is 11.3 Å². The van der Waals surface area contributed by atoms with E-state index in [0.29, 0.717) is 12.5 Å². The summed E-state index contributed by atoms with van der Waals surface area (Å²) in [6.45, 7) is 4.27. The molecule has 90 valence electrons. The quantitative estimate of drug-likeness (QED) is 0.873. The summed E-state index contributed by atoms with van der Waals surface area (Å²) in [5.74, 6) is 0.566. The number of nitrogens with zero attached hydrogens (tertiary/aromatic N) is 2.